The molecule has 4 aromatic rings. The number of halogens is 1. The Hall–Kier alpha value is -2.97. The summed E-state index contributed by atoms with van der Waals surface area (Å²) in [6, 6.07) is 17.6. The molecular formula is C21H16BrN3O3S. The highest BCUT2D eigenvalue weighted by Crippen LogP contribution is 2.22. The molecule has 0 atom stereocenters. The lowest BCUT2D eigenvalue weighted by molar-refractivity contribution is -0.116. The highest BCUT2D eigenvalue weighted by atomic mass is 79.9. The van der Waals surface area contributed by atoms with Gasteiger partial charge in [-0.2, -0.15) is 0 Å². The third kappa shape index (κ3) is 3.81. The fourth-order valence-electron chi connectivity index (χ4n) is 3.09. The van der Waals surface area contributed by atoms with Gasteiger partial charge in [-0.1, -0.05) is 34.1 Å². The van der Waals surface area contributed by atoms with Gasteiger partial charge in [0.05, 0.1) is 11.1 Å². The van der Waals surface area contributed by atoms with E-state index in [2.05, 4.69) is 21.2 Å². The van der Waals surface area contributed by atoms with Gasteiger partial charge in [-0.05, 0) is 49.4 Å². The Morgan fingerprint density at radius 3 is 2.45 bits per heavy atom. The molecule has 1 amide bonds. The molecule has 0 unspecified atom stereocenters. The second-order valence-corrected chi connectivity index (χ2v) is 8.63. The molecule has 2 aromatic heterocycles. The summed E-state index contributed by atoms with van der Waals surface area (Å²) in [4.78, 5) is 40.2. The number of aryl methyl sites for hydroxylation is 1. The fraction of sp³-hybridized carbons (Fsp3) is 0.0952. The molecule has 0 radical (unpaired) electrons. The molecule has 1 N–H and O–H groups in total. The minimum atomic E-state index is -0.540. The van der Waals surface area contributed by atoms with Gasteiger partial charge in [-0.3, -0.25) is 14.2 Å². The number of rotatable bonds is 4. The topological polar surface area (TPSA) is 73.1 Å². The van der Waals surface area contributed by atoms with E-state index in [0.717, 1.165) is 13.9 Å². The Morgan fingerprint density at radius 1 is 1.07 bits per heavy atom. The minimum absolute atomic E-state index is 0.196. The van der Waals surface area contributed by atoms with Crippen molar-refractivity contribution in [2.75, 3.05) is 5.32 Å². The Balaban J connectivity index is 1.81. The molecule has 2 aromatic carbocycles. The van der Waals surface area contributed by atoms with E-state index in [9.17, 15) is 14.4 Å². The monoisotopic (exact) mass is 469 g/mol. The van der Waals surface area contributed by atoms with Gasteiger partial charge in [-0.15, -0.1) is 11.3 Å². The van der Waals surface area contributed by atoms with E-state index in [-0.39, 0.29) is 18.0 Å². The van der Waals surface area contributed by atoms with Crippen LogP contribution < -0.4 is 16.6 Å². The number of amides is 1. The number of fused-ring (bicyclic) bond motifs is 1. The quantitative estimate of drug-likeness (QED) is 0.492. The second kappa shape index (κ2) is 7.81. The van der Waals surface area contributed by atoms with E-state index in [0.29, 0.717) is 21.6 Å². The molecule has 4 rings (SSSR count). The summed E-state index contributed by atoms with van der Waals surface area (Å²) in [6.07, 6.45) is 0. The van der Waals surface area contributed by atoms with E-state index in [1.165, 1.54) is 15.9 Å². The summed E-state index contributed by atoms with van der Waals surface area (Å²) in [5, 5.41) is 3.21. The Morgan fingerprint density at radius 2 is 1.76 bits per heavy atom. The molecule has 0 aliphatic heterocycles. The number of nitrogens with one attached hydrogen (secondary N) is 1. The van der Waals surface area contributed by atoms with Gasteiger partial charge in [0.15, 0.2) is 0 Å². The van der Waals surface area contributed by atoms with Gasteiger partial charge < -0.3 is 5.32 Å². The van der Waals surface area contributed by atoms with Crippen LogP contribution in [0.1, 0.15) is 4.88 Å². The summed E-state index contributed by atoms with van der Waals surface area (Å²) >= 11 is 4.68. The van der Waals surface area contributed by atoms with E-state index in [4.69, 9.17) is 0 Å². The summed E-state index contributed by atoms with van der Waals surface area (Å²) < 4.78 is 3.37. The van der Waals surface area contributed by atoms with Crippen molar-refractivity contribution >= 4 is 49.1 Å². The molecule has 2 heterocycles. The van der Waals surface area contributed by atoms with Crippen molar-refractivity contribution < 1.29 is 4.79 Å². The number of para-hydroxylation sites is 1. The van der Waals surface area contributed by atoms with Crippen LogP contribution in [-0.2, 0) is 11.3 Å². The fourth-order valence-corrected chi connectivity index (χ4v) is 4.35. The maximum absolute atomic E-state index is 13.2. The van der Waals surface area contributed by atoms with Crippen molar-refractivity contribution in [2.24, 2.45) is 0 Å². The van der Waals surface area contributed by atoms with E-state index in [1.54, 1.807) is 42.5 Å². The van der Waals surface area contributed by atoms with Gasteiger partial charge >= 0.3 is 5.69 Å². The molecule has 8 heteroatoms. The summed E-state index contributed by atoms with van der Waals surface area (Å²) in [5.74, 6) is -0.347. The van der Waals surface area contributed by atoms with Crippen molar-refractivity contribution in [1.29, 1.82) is 0 Å². The Labute approximate surface area is 178 Å². The largest absolute Gasteiger partial charge is 0.337 e. The van der Waals surface area contributed by atoms with Crippen molar-refractivity contribution in [3.8, 4) is 5.69 Å². The highest BCUT2D eigenvalue weighted by molar-refractivity contribution is 9.10. The average Bonchev–Trinajstić information content (AvgIpc) is 3.10. The van der Waals surface area contributed by atoms with Crippen LogP contribution in [0.15, 0.2) is 74.7 Å². The van der Waals surface area contributed by atoms with E-state index < -0.39 is 5.69 Å². The zero-order valence-electron chi connectivity index (χ0n) is 15.4. The lowest BCUT2D eigenvalue weighted by Gasteiger charge is -2.12. The average molecular weight is 470 g/mol. The molecule has 0 saturated heterocycles. The van der Waals surface area contributed by atoms with Crippen LogP contribution in [0.3, 0.4) is 0 Å². The number of carbonyl (C=O) groups is 1. The number of hydrogen-bond acceptors (Lipinski definition) is 4. The van der Waals surface area contributed by atoms with Crippen LogP contribution in [0.5, 0.6) is 0 Å². The van der Waals surface area contributed by atoms with Crippen molar-refractivity contribution in [3.63, 3.8) is 0 Å². The molecule has 0 aliphatic carbocycles. The molecule has 0 spiro atoms. The molecule has 0 fully saturated rings. The highest BCUT2D eigenvalue weighted by Gasteiger charge is 2.18. The molecule has 0 aliphatic rings. The molecule has 6 nitrogen and oxygen atoms in total. The molecule has 0 saturated carbocycles. The lowest BCUT2D eigenvalue weighted by Crippen LogP contribution is -2.40. The van der Waals surface area contributed by atoms with Crippen LogP contribution in [0.4, 0.5) is 5.69 Å². The third-order valence-corrected chi connectivity index (χ3v) is 5.98. The first-order valence-electron chi connectivity index (χ1n) is 8.81. The van der Waals surface area contributed by atoms with Crippen LogP contribution >= 0.6 is 27.3 Å². The van der Waals surface area contributed by atoms with Gasteiger partial charge in [0.25, 0.3) is 5.56 Å². The smallest absolute Gasteiger partial charge is 0.325 e. The molecular weight excluding hydrogens is 454 g/mol. The zero-order chi connectivity index (χ0) is 20.5. The van der Waals surface area contributed by atoms with Crippen LogP contribution in [0.2, 0.25) is 0 Å². The summed E-state index contributed by atoms with van der Waals surface area (Å²) in [6.45, 7) is 1.67. The molecule has 0 bridgehead atoms. The number of hydrogen-bond donors (Lipinski definition) is 1. The normalized spacial score (nSPS) is 11.0. The zero-order valence-corrected chi connectivity index (χ0v) is 17.8. The maximum atomic E-state index is 13.2. The van der Waals surface area contributed by atoms with Crippen LogP contribution in [-0.4, -0.2) is 15.0 Å². The van der Waals surface area contributed by atoms with E-state index in [1.807, 2.05) is 25.1 Å². The lowest BCUT2D eigenvalue weighted by atomic mass is 10.3. The minimum Gasteiger partial charge on any atom is -0.325 e. The van der Waals surface area contributed by atoms with Crippen LogP contribution in [0.25, 0.3) is 15.9 Å². The Kier molecular flexibility index (Phi) is 5.21. The van der Waals surface area contributed by atoms with Gasteiger partial charge in [0.1, 0.15) is 11.4 Å². The first-order chi connectivity index (χ1) is 13.9. The van der Waals surface area contributed by atoms with Gasteiger partial charge in [-0.25, -0.2) is 9.36 Å². The van der Waals surface area contributed by atoms with Crippen molar-refractivity contribution in [2.45, 2.75) is 13.5 Å². The number of carbonyl (C=O) groups excluding carboxylic acids is 1. The number of aromatic nitrogens is 2. The van der Waals surface area contributed by atoms with Crippen molar-refractivity contribution in [1.82, 2.24) is 9.13 Å². The first-order valence-corrected chi connectivity index (χ1v) is 10.4. The first kappa shape index (κ1) is 19.4. The predicted molar refractivity (Wildman–Crippen MR) is 119 cm³/mol. The summed E-state index contributed by atoms with van der Waals surface area (Å²) in [5.41, 5.74) is 0.170. The SMILES string of the molecule is Cc1cc2c(=O)n(-c3ccccc3)c(=O)n(CC(=O)Nc3ccc(Br)cc3)c2s1. The van der Waals surface area contributed by atoms with Gasteiger partial charge in [0.2, 0.25) is 5.91 Å². The Bertz CT molecular complexity index is 1320. The third-order valence-electron chi connectivity index (χ3n) is 4.38. The van der Waals surface area contributed by atoms with Gasteiger partial charge in [0, 0.05) is 15.0 Å². The predicted octanol–water partition coefficient (Wildman–Crippen LogP) is 3.92. The summed E-state index contributed by atoms with van der Waals surface area (Å²) in [7, 11) is 0. The molecule has 146 valence electrons. The number of nitrogens with zero attached hydrogens (tertiary/aromatic N) is 2. The molecule has 29 heavy (non-hydrogen) atoms. The number of thiophene rings is 1. The van der Waals surface area contributed by atoms with Crippen LogP contribution in [0, 0.1) is 6.92 Å². The standard InChI is InChI=1S/C21H16BrN3O3S/c1-13-11-17-19(27)25(16-5-3-2-4-6-16)21(28)24(20(17)29-13)12-18(26)23-15-9-7-14(22)8-10-15/h2-11H,12H2,1H3,(H,23,26). The maximum Gasteiger partial charge on any atom is 0.337 e. The van der Waals surface area contributed by atoms with Crippen molar-refractivity contribution in [3.05, 3.63) is 90.9 Å². The second-order valence-electron chi connectivity index (χ2n) is 6.48. The number of benzene rings is 2. The van der Waals surface area contributed by atoms with E-state index >= 15 is 0 Å². The number of anilines is 1.